The van der Waals surface area contributed by atoms with Crippen molar-refractivity contribution in [1.82, 2.24) is 15.1 Å². The summed E-state index contributed by atoms with van der Waals surface area (Å²) in [6.07, 6.45) is 1.57. The zero-order valence-electron chi connectivity index (χ0n) is 13.5. The maximum Gasteiger partial charge on any atom is 0.273 e. The van der Waals surface area contributed by atoms with Crippen molar-refractivity contribution in [3.63, 3.8) is 0 Å². The van der Waals surface area contributed by atoms with E-state index in [4.69, 9.17) is 9.15 Å². The molecule has 1 aliphatic rings. The van der Waals surface area contributed by atoms with Gasteiger partial charge in [-0.1, -0.05) is 0 Å². The second-order valence-electron chi connectivity index (χ2n) is 5.78. The first-order valence-corrected chi connectivity index (χ1v) is 7.88. The van der Waals surface area contributed by atoms with Gasteiger partial charge in [-0.05, 0) is 36.4 Å². The van der Waals surface area contributed by atoms with Gasteiger partial charge in [-0.15, -0.1) is 0 Å². The predicted molar refractivity (Wildman–Crippen MR) is 87.4 cm³/mol. The number of rotatable bonds is 5. The molecule has 0 spiro atoms. The summed E-state index contributed by atoms with van der Waals surface area (Å²) in [4.78, 5) is 14.5. The zero-order chi connectivity index (χ0) is 17.4. The number of aromatic nitrogens is 2. The summed E-state index contributed by atoms with van der Waals surface area (Å²) in [5, 5.41) is 7.13. The van der Waals surface area contributed by atoms with E-state index in [1.54, 1.807) is 36.5 Å². The lowest BCUT2D eigenvalue weighted by atomic mass is 10.00. The van der Waals surface area contributed by atoms with Crippen LogP contribution >= 0.6 is 0 Å². The van der Waals surface area contributed by atoms with Gasteiger partial charge in [0.2, 0.25) is 0 Å². The van der Waals surface area contributed by atoms with Crippen LogP contribution in [0.15, 0.2) is 47.1 Å². The van der Waals surface area contributed by atoms with Gasteiger partial charge in [0.25, 0.3) is 5.91 Å². The predicted octanol–water partition coefficient (Wildman–Crippen LogP) is 3.00. The molecule has 3 aromatic rings. The number of methoxy groups -OCH3 is 1. The summed E-state index contributed by atoms with van der Waals surface area (Å²) in [7, 11) is 1.59. The van der Waals surface area contributed by atoms with Crippen LogP contribution < -0.4 is 0 Å². The number of ether oxygens (including phenoxy) is 1. The van der Waals surface area contributed by atoms with Crippen molar-refractivity contribution in [2.45, 2.75) is 6.04 Å². The Balaban J connectivity index is 1.83. The molecule has 2 aromatic heterocycles. The standard InChI is InChI=1S/C18H16FN3O3/c1-24-10-8-22-17(13-3-2-9-25-13)14-15(20-21-16(14)18(22)23)11-4-6-12(19)7-5-11/h2-7,9,17H,8,10H2,1H3,(H,20,21)/t17-/m0/s1. The number of halogens is 1. The number of benzene rings is 1. The van der Waals surface area contributed by atoms with E-state index in [0.717, 1.165) is 11.1 Å². The van der Waals surface area contributed by atoms with Gasteiger partial charge in [0.05, 0.1) is 18.6 Å². The van der Waals surface area contributed by atoms with E-state index in [-0.39, 0.29) is 11.7 Å². The maximum atomic E-state index is 13.2. The number of nitrogens with one attached hydrogen (secondary N) is 1. The molecule has 0 bridgehead atoms. The fraction of sp³-hybridized carbons (Fsp3) is 0.222. The van der Waals surface area contributed by atoms with E-state index < -0.39 is 6.04 Å². The van der Waals surface area contributed by atoms with Gasteiger partial charge in [0.15, 0.2) is 0 Å². The quantitative estimate of drug-likeness (QED) is 0.774. The Morgan fingerprint density at radius 3 is 2.80 bits per heavy atom. The topological polar surface area (TPSA) is 71.4 Å². The van der Waals surface area contributed by atoms with Gasteiger partial charge >= 0.3 is 0 Å². The third kappa shape index (κ3) is 2.53. The smallest absolute Gasteiger partial charge is 0.273 e. The third-order valence-corrected chi connectivity index (χ3v) is 4.33. The van der Waals surface area contributed by atoms with Crippen molar-refractivity contribution < 1.29 is 18.3 Å². The molecular formula is C18H16FN3O3. The molecule has 0 saturated heterocycles. The molecule has 0 aliphatic carbocycles. The highest BCUT2D eigenvalue weighted by Gasteiger charge is 2.43. The Hall–Kier alpha value is -2.93. The molecule has 3 heterocycles. The van der Waals surface area contributed by atoms with Gasteiger partial charge < -0.3 is 14.1 Å². The lowest BCUT2D eigenvalue weighted by Gasteiger charge is -2.24. The number of aromatic amines is 1. The third-order valence-electron chi connectivity index (χ3n) is 4.33. The van der Waals surface area contributed by atoms with Gasteiger partial charge in [-0.25, -0.2) is 4.39 Å². The van der Waals surface area contributed by atoms with E-state index in [2.05, 4.69) is 10.2 Å². The number of H-pyrrole nitrogens is 1. The fourth-order valence-electron chi connectivity index (χ4n) is 3.19. The minimum Gasteiger partial charge on any atom is -0.467 e. The molecule has 0 fully saturated rings. The van der Waals surface area contributed by atoms with Crippen LogP contribution in [0.3, 0.4) is 0 Å². The van der Waals surface area contributed by atoms with E-state index in [0.29, 0.717) is 30.3 Å². The summed E-state index contributed by atoms with van der Waals surface area (Å²) in [5.41, 5.74) is 2.51. The van der Waals surface area contributed by atoms with E-state index in [1.807, 2.05) is 6.07 Å². The zero-order valence-corrected chi connectivity index (χ0v) is 13.5. The molecular weight excluding hydrogens is 325 g/mol. The van der Waals surface area contributed by atoms with Crippen LogP contribution in [-0.2, 0) is 4.74 Å². The molecule has 1 aliphatic heterocycles. The SMILES string of the molecule is COCCN1C(=O)c2[nH]nc(-c3ccc(F)cc3)c2[C@@H]1c1ccco1. The number of hydrogen-bond acceptors (Lipinski definition) is 4. The Morgan fingerprint density at radius 1 is 1.32 bits per heavy atom. The van der Waals surface area contributed by atoms with Gasteiger partial charge in [0, 0.05) is 24.8 Å². The first-order valence-electron chi connectivity index (χ1n) is 7.88. The van der Waals surface area contributed by atoms with E-state index in [1.165, 1.54) is 12.1 Å². The van der Waals surface area contributed by atoms with E-state index in [9.17, 15) is 9.18 Å². The Morgan fingerprint density at radius 2 is 2.12 bits per heavy atom. The van der Waals surface area contributed by atoms with Crippen LogP contribution in [0.5, 0.6) is 0 Å². The highest BCUT2D eigenvalue weighted by molar-refractivity contribution is 6.00. The first kappa shape index (κ1) is 15.6. The van der Waals surface area contributed by atoms with Crippen molar-refractivity contribution in [2.24, 2.45) is 0 Å². The molecule has 1 atom stereocenters. The van der Waals surface area contributed by atoms with Crippen molar-refractivity contribution in [1.29, 1.82) is 0 Å². The molecule has 0 saturated carbocycles. The number of fused-ring (bicyclic) bond motifs is 1. The molecule has 7 heteroatoms. The largest absolute Gasteiger partial charge is 0.467 e. The van der Waals surface area contributed by atoms with Crippen LogP contribution in [-0.4, -0.2) is 41.3 Å². The van der Waals surface area contributed by atoms with Gasteiger partial charge in [-0.2, -0.15) is 5.10 Å². The van der Waals surface area contributed by atoms with Gasteiger partial charge in [-0.3, -0.25) is 9.89 Å². The lowest BCUT2D eigenvalue weighted by Crippen LogP contribution is -2.32. The Kier molecular flexibility index (Phi) is 3.85. The molecule has 6 nitrogen and oxygen atoms in total. The summed E-state index contributed by atoms with van der Waals surface area (Å²) in [6, 6.07) is 9.25. The van der Waals surface area contributed by atoms with Gasteiger partial charge in [0.1, 0.15) is 23.3 Å². The van der Waals surface area contributed by atoms with Crippen LogP contribution in [0.4, 0.5) is 4.39 Å². The maximum absolute atomic E-state index is 13.2. The monoisotopic (exact) mass is 341 g/mol. The minimum absolute atomic E-state index is 0.158. The normalized spacial score (nSPS) is 16.5. The molecule has 1 N–H and O–H groups in total. The first-order chi connectivity index (χ1) is 12.2. The average Bonchev–Trinajstić information content (AvgIpc) is 3.33. The highest BCUT2D eigenvalue weighted by Crippen LogP contribution is 2.42. The summed E-state index contributed by atoms with van der Waals surface area (Å²) in [6.45, 7) is 0.832. The highest BCUT2D eigenvalue weighted by atomic mass is 19.1. The Bertz CT molecular complexity index is 887. The molecule has 1 aromatic carbocycles. The average molecular weight is 341 g/mol. The Labute approximate surface area is 143 Å². The number of nitrogens with zero attached hydrogens (tertiary/aromatic N) is 2. The number of amides is 1. The second-order valence-corrected chi connectivity index (χ2v) is 5.78. The van der Waals surface area contributed by atoms with Crippen molar-refractivity contribution in [3.05, 3.63) is 65.5 Å². The number of carbonyl (C=O) groups excluding carboxylic acids is 1. The van der Waals surface area contributed by atoms with Crippen LogP contribution in [0, 0.1) is 5.82 Å². The summed E-state index contributed by atoms with van der Waals surface area (Å²) >= 11 is 0. The molecule has 25 heavy (non-hydrogen) atoms. The van der Waals surface area contributed by atoms with Crippen LogP contribution in [0.1, 0.15) is 27.9 Å². The fourth-order valence-corrected chi connectivity index (χ4v) is 3.19. The van der Waals surface area contributed by atoms with Crippen LogP contribution in [0.25, 0.3) is 11.3 Å². The second kappa shape index (κ2) is 6.18. The van der Waals surface area contributed by atoms with Crippen molar-refractivity contribution >= 4 is 5.91 Å². The molecule has 0 radical (unpaired) electrons. The van der Waals surface area contributed by atoms with Crippen LogP contribution in [0.2, 0.25) is 0 Å². The lowest BCUT2D eigenvalue weighted by molar-refractivity contribution is 0.0660. The molecule has 0 unspecified atom stereocenters. The van der Waals surface area contributed by atoms with E-state index >= 15 is 0 Å². The van der Waals surface area contributed by atoms with Crippen molar-refractivity contribution in [2.75, 3.05) is 20.3 Å². The molecule has 4 rings (SSSR count). The minimum atomic E-state index is -0.397. The number of hydrogen-bond donors (Lipinski definition) is 1. The number of furan rings is 1. The van der Waals surface area contributed by atoms with Crippen molar-refractivity contribution in [3.8, 4) is 11.3 Å². The molecule has 1 amide bonds. The summed E-state index contributed by atoms with van der Waals surface area (Å²) < 4.78 is 24.0. The summed E-state index contributed by atoms with van der Waals surface area (Å²) in [5.74, 6) is 0.165. The molecule has 128 valence electrons. The number of carbonyl (C=O) groups is 1.